The average molecular weight is 213 g/mol. The fourth-order valence-electron chi connectivity index (χ4n) is 1.25. The zero-order valence-electron chi connectivity index (χ0n) is 6.00. The molecule has 1 aromatic rings. The maximum atomic E-state index is 9.14. The Labute approximate surface area is 74.2 Å². The van der Waals surface area contributed by atoms with Gasteiger partial charge in [-0.15, -0.1) is 0 Å². The van der Waals surface area contributed by atoms with E-state index in [4.69, 9.17) is 5.11 Å². The summed E-state index contributed by atoms with van der Waals surface area (Å²) in [4.78, 5) is 0. The van der Waals surface area contributed by atoms with Crippen LogP contribution in [0.25, 0.3) is 0 Å². The smallest absolute Gasteiger partial charge is 0.0616 e. The first-order chi connectivity index (χ1) is 5.27. The highest BCUT2D eigenvalue weighted by Crippen LogP contribution is 2.40. The van der Waals surface area contributed by atoms with Crippen molar-refractivity contribution >= 4 is 15.9 Å². The molecule has 11 heavy (non-hydrogen) atoms. The monoisotopic (exact) mass is 212 g/mol. The molecule has 1 saturated carbocycles. The van der Waals surface area contributed by atoms with Crippen LogP contribution in [-0.2, 0) is 0 Å². The molecule has 1 fully saturated rings. The fourth-order valence-corrected chi connectivity index (χ4v) is 1.51. The lowest BCUT2D eigenvalue weighted by Crippen LogP contribution is -1.84. The van der Waals surface area contributed by atoms with Crippen molar-refractivity contribution < 1.29 is 5.11 Å². The molecule has 0 aromatic heterocycles. The topological polar surface area (TPSA) is 20.2 Å². The zero-order valence-corrected chi connectivity index (χ0v) is 7.58. The second-order valence-corrected chi connectivity index (χ2v) is 3.88. The van der Waals surface area contributed by atoms with Gasteiger partial charge in [-0.3, -0.25) is 0 Å². The molecule has 0 bridgehead atoms. The predicted octanol–water partition coefficient (Wildman–Crippen LogP) is 2.30. The molecule has 1 aliphatic rings. The van der Waals surface area contributed by atoms with E-state index in [1.807, 2.05) is 12.1 Å². The van der Waals surface area contributed by atoms with E-state index in [9.17, 15) is 0 Å². The van der Waals surface area contributed by atoms with Gasteiger partial charge in [-0.2, -0.15) is 0 Å². The van der Waals surface area contributed by atoms with E-state index >= 15 is 0 Å². The number of hydrogen-bond acceptors (Lipinski definition) is 1. The lowest BCUT2D eigenvalue weighted by atomic mass is 10.1. The fraction of sp³-hybridized carbons (Fsp3) is 0.333. The third kappa shape index (κ3) is 1.47. The van der Waals surface area contributed by atoms with Crippen molar-refractivity contribution in [3.05, 3.63) is 34.3 Å². The number of halogens is 1. The molecule has 0 amide bonds. The van der Waals surface area contributed by atoms with Gasteiger partial charge in [0.25, 0.3) is 0 Å². The highest BCUT2D eigenvalue weighted by Gasteiger charge is 2.36. The predicted molar refractivity (Wildman–Crippen MR) is 47.5 cm³/mol. The Hall–Kier alpha value is -0.340. The number of aliphatic hydroxyl groups is 1. The van der Waals surface area contributed by atoms with Crippen molar-refractivity contribution in [3.63, 3.8) is 0 Å². The Morgan fingerprint density at radius 2 is 1.82 bits per heavy atom. The summed E-state index contributed by atoms with van der Waals surface area (Å²) < 4.78 is 1.09. The third-order valence-corrected chi connectivity index (χ3v) is 2.58. The Morgan fingerprint density at radius 3 is 2.27 bits per heavy atom. The van der Waals surface area contributed by atoms with E-state index in [2.05, 4.69) is 28.1 Å². The van der Waals surface area contributed by atoms with Gasteiger partial charge >= 0.3 is 0 Å². The molecular formula is C9H9BrO. The van der Waals surface area contributed by atoms with Crippen LogP contribution in [0.15, 0.2) is 28.7 Å². The van der Waals surface area contributed by atoms with E-state index in [0.29, 0.717) is 5.92 Å². The molecule has 0 aliphatic heterocycles. The number of benzene rings is 1. The van der Waals surface area contributed by atoms with Crippen LogP contribution in [-0.4, -0.2) is 11.2 Å². The first kappa shape index (κ1) is 7.32. The van der Waals surface area contributed by atoms with Gasteiger partial charge in [0, 0.05) is 10.4 Å². The van der Waals surface area contributed by atoms with Crippen molar-refractivity contribution in [1.29, 1.82) is 0 Å². The van der Waals surface area contributed by atoms with Crippen molar-refractivity contribution in [2.24, 2.45) is 0 Å². The highest BCUT2D eigenvalue weighted by molar-refractivity contribution is 9.10. The van der Waals surface area contributed by atoms with E-state index < -0.39 is 0 Å². The van der Waals surface area contributed by atoms with Crippen molar-refractivity contribution in [2.45, 2.75) is 18.4 Å². The minimum Gasteiger partial charge on any atom is -0.392 e. The number of aliphatic hydroxyl groups excluding tert-OH is 1. The second kappa shape index (κ2) is 2.61. The maximum Gasteiger partial charge on any atom is 0.0616 e. The van der Waals surface area contributed by atoms with Gasteiger partial charge in [0.2, 0.25) is 0 Å². The zero-order chi connectivity index (χ0) is 7.84. The third-order valence-electron chi connectivity index (χ3n) is 2.05. The van der Waals surface area contributed by atoms with Crippen LogP contribution in [0.5, 0.6) is 0 Å². The van der Waals surface area contributed by atoms with Crippen molar-refractivity contribution in [2.75, 3.05) is 0 Å². The van der Waals surface area contributed by atoms with E-state index in [1.54, 1.807) is 0 Å². The molecule has 1 aliphatic carbocycles. The molecule has 0 unspecified atom stereocenters. The summed E-state index contributed by atoms with van der Waals surface area (Å²) in [5.74, 6) is 0.406. The molecule has 0 heterocycles. The van der Waals surface area contributed by atoms with E-state index in [1.165, 1.54) is 5.56 Å². The normalized spacial score (nSPS) is 28.5. The summed E-state index contributed by atoms with van der Waals surface area (Å²) in [6, 6.07) is 8.15. The quantitative estimate of drug-likeness (QED) is 0.758. The van der Waals surface area contributed by atoms with Gasteiger partial charge in [0.05, 0.1) is 6.10 Å². The molecule has 58 valence electrons. The number of hydrogen-bond donors (Lipinski definition) is 1. The first-order valence-electron chi connectivity index (χ1n) is 3.71. The van der Waals surface area contributed by atoms with Crippen LogP contribution in [0.4, 0.5) is 0 Å². The minimum absolute atomic E-state index is 0.0869. The number of rotatable bonds is 1. The molecule has 1 nitrogen and oxygen atoms in total. The first-order valence-corrected chi connectivity index (χ1v) is 4.50. The lowest BCUT2D eigenvalue weighted by Gasteiger charge is -1.96. The Bertz CT molecular complexity index is 255. The van der Waals surface area contributed by atoms with Gasteiger partial charge in [-0.05, 0) is 24.1 Å². The summed E-state index contributed by atoms with van der Waals surface area (Å²) in [7, 11) is 0. The minimum atomic E-state index is -0.0869. The maximum absolute atomic E-state index is 9.14. The molecule has 0 spiro atoms. The van der Waals surface area contributed by atoms with E-state index in [0.717, 1.165) is 10.9 Å². The van der Waals surface area contributed by atoms with Gasteiger partial charge in [0.15, 0.2) is 0 Å². The molecule has 2 heteroatoms. The van der Waals surface area contributed by atoms with Crippen LogP contribution < -0.4 is 0 Å². The molecule has 2 rings (SSSR count). The summed E-state index contributed by atoms with van der Waals surface area (Å²) in [6.07, 6.45) is 0.845. The van der Waals surface area contributed by atoms with Gasteiger partial charge in [-0.1, -0.05) is 28.1 Å². The highest BCUT2D eigenvalue weighted by atomic mass is 79.9. The van der Waals surface area contributed by atoms with Gasteiger partial charge in [0.1, 0.15) is 0 Å². The molecule has 1 aromatic carbocycles. The van der Waals surface area contributed by atoms with Crippen LogP contribution >= 0.6 is 15.9 Å². The summed E-state index contributed by atoms with van der Waals surface area (Å²) in [5, 5.41) is 9.14. The molecule has 1 N–H and O–H groups in total. The van der Waals surface area contributed by atoms with Gasteiger partial charge < -0.3 is 5.11 Å². The van der Waals surface area contributed by atoms with E-state index in [-0.39, 0.29) is 6.10 Å². The SMILES string of the molecule is O[C@@H]1C[C@H]1c1ccc(Br)cc1. The summed E-state index contributed by atoms with van der Waals surface area (Å²) >= 11 is 3.37. The summed E-state index contributed by atoms with van der Waals surface area (Å²) in [6.45, 7) is 0. The molecule has 0 saturated heterocycles. The Balaban J connectivity index is 2.21. The molecule has 0 radical (unpaired) electrons. The van der Waals surface area contributed by atoms with Crippen molar-refractivity contribution in [3.8, 4) is 0 Å². The Morgan fingerprint density at radius 1 is 1.27 bits per heavy atom. The Kier molecular flexibility index (Phi) is 1.74. The largest absolute Gasteiger partial charge is 0.392 e. The van der Waals surface area contributed by atoms with Gasteiger partial charge in [-0.25, -0.2) is 0 Å². The molecular weight excluding hydrogens is 204 g/mol. The average Bonchev–Trinajstić information content (AvgIpc) is 2.69. The second-order valence-electron chi connectivity index (χ2n) is 2.96. The molecule has 2 atom stereocenters. The lowest BCUT2D eigenvalue weighted by molar-refractivity contribution is 0.272. The van der Waals surface area contributed by atoms with Crippen LogP contribution in [0, 0.1) is 0 Å². The summed E-state index contributed by atoms with van der Waals surface area (Å²) in [5.41, 5.74) is 1.25. The van der Waals surface area contributed by atoms with Crippen LogP contribution in [0.3, 0.4) is 0 Å². The van der Waals surface area contributed by atoms with Crippen molar-refractivity contribution in [1.82, 2.24) is 0 Å². The van der Waals surface area contributed by atoms with Crippen LogP contribution in [0.2, 0.25) is 0 Å². The standard InChI is InChI=1S/C9H9BrO/c10-7-3-1-6(2-4-7)8-5-9(8)11/h1-4,8-9,11H,5H2/t8-,9+/m0/s1. The van der Waals surface area contributed by atoms with Crippen LogP contribution in [0.1, 0.15) is 17.9 Å².